The molecule has 1 unspecified atom stereocenters. The maximum atomic E-state index is 12.8. The molecule has 0 amide bonds. The van der Waals surface area contributed by atoms with E-state index < -0.39 is 0 Å². The zero-order valence-corrected chi connectivity index (χ0v) is 20.6. The molecule has 0 bridgehead atoms. The van der Waals surface area contributed by atoms with E-state index in [2.05, 4.69) is 36.1 Å². The van der Waals surface area contributed by atoms with E-state index in [-0.39, 0.29) is 11.8 Å². The lowest BCUT2D eigenvalue weighted by Gasteiger charge is -2.24. The molecule has 1 heterocycles. The molecule has 33 heavy (non-hydrogen) atoms. The third kappa shape index (κ3) is 6.28. The summed E-state index contributed by atoms with van der Waals surface area (Å²) in [6.45, 7) is 2.51. The van der Waals surface area contributed by atoms with Crippen molar-refractivity contribution < 1.29 is 14.3 Å². The van der Waals surface area contributed by atoms with E-state index >= 15 is 0 Å². The molecule has 2 aromatic carbocycles. The van der Waals surface area contributed by atoms with Crippen LogP contribution in [0.3, 0.4) is 0 Å². The third-order valence-corrected chi connectivity index (χ3v) is 6.16. The Morgan fingerprint density at radius 2 is 1.82 bits per heavy atom. The Morgan fingerprint density at radius 1 is 1.06 bits per heavy atom. The third-order valence-electron chi connectivity index (χ3n) is 6.16. The standard InChI is InChI=1S/C27H37N3O3/c1-6-7-8-9-10-22(31)19-30-26(20-11-13-21(14-12-20)29(2)3)18-25(28-30)24-16-15-23(32-4)17-27(24)33-5/h11-17,26H,6-10,18-19H2,1-5H3. The second kappa shape index (κ2) is 11.7. The van der Waals surface area contributed by atoms with Crippen LogP contribution in [0.1, 0.15) is 62.6 Å². The minimum absolute atomic E-state index is 0.0163. The van der Waals surface area contributed by atoms with Gasteiger partial charge in [0.15, 0.2) is 5.78 Å². The van der Waals surface area contributed by atoms with Crippen molar-refractivity contribution in [2.24, 2.45) is 5.10 Å². The highest BCUT2D eigenvalue weighted by atomic mass is 16.5. The molecule has 1 atom stereocenters. The van der Waals surface area contributed by atoms with Gasteiger partial charge in [0, 0.05) is 44.3 Å². The number of hydrogen-bond acceptors (Lipinski definition) is 6. The number of ketones is 1. The first-order chi connectivity index (χ1) is 16.0. The molecule has 178 valence electrons. The van der Waals surface area contributed by atoms with E-state index in [4.69, 9.17) is 14.6 Å². The minimum Gasteiger partial charge on any atom is -0.497 e. The van der Waals surface area contributed by atoms with Crippen LogP contribution >= 0.6 is 0 Å². The van der Waals surface area contributed by atoms with Crippen molar-refractivity contribution in [3.05, 3.63) is 53.6 Å². The number of unbranched alkanes of at least 4 members (excludes halogenated alkanes) is 3. The monoisotopic (exact) mass is 451 g/mol. The van der Waals surface area contributed by atoms with Gasteiger partial charge in [0.2, 0.25) is 0 Å². The van der Waals surface area contributed by atoms with E-state index in [9.17, 15) is 4.79 Å². The highest BCUT2D eigenvalue weighted by Gasteiger charge is 2.31. The highest BCUT2D eigenvalue weighted by Crippen LogP contribution is 2.36. The molecule has 1 aliphatic rings. The van der Waals surface area contributed by atoms with E-state index in [0.29, 0.717) is 19.4 Å². The van der Waals surface area contributed by atoms with Crippen molar-refractivity contribution >= 4 is 17.2 Å². The fourth-order valence-electron chi connectivity index (χ4n) is 4.19. The number of carbonyl (C=O) groups is 1. The second-order valence-electron chi connectivity index (χ2n) is 8.77. The molecule has 0 saturated heterocycles. The summed E-state index contributed by atoms with van der Waals surface area (Å²) in [6.07, 6.45) is 5.73. The van der Waals surface area contributed by atoms with Crippen molar-refractivity contribution in [3.63, 3.8) is 0 Å². The number of benzene rings is 2. The minimum atomic E-state index is 0.0163. The molecule has 0 N–H and O–H groups in total. The summed E-state index contributed by atoms with van der Waals surface area (Å²) in [5.41, 5.74) is 4.17. The average Bonchev–Trinajstić information content (AvgIpc) is 3.24. The summed E-state index contributed by atoms with van der Waals surface area (Å²) in [6, 6.07) is 14.3. The van der Waals surface area contributed by atoms with Gasteiger partial charge in [0.25, 0.3) is 0 Å². The molecule has 0 fully saturated rings. The van der Waals surface area contributed by atoms with Gasteiger partial charge in [-0.05, 0) is 36.2 Å². The number of ether oxygens (including phenoxy) is 2. The highest BCUT2D eigenvalue weighted by molar-refractivity contribution is 6.04. The van der Waals surface area contributed by atoms with Gasteiger partial charge in [-0.1, -0.05) is 38.3 Å². The van der Waals surface area contributed by atoms with Gasteiger partial charge in [-0.2, -0.15) is 5.10 Å². The van der Waals surface area contributed by atoms with Gasteiger partial charge < -0.3 is 14.4 Å². The number of methoxy groups -OCH3 is 2. The van der Waals surface area contributed by atoms with Crippen molar-refractivity contribution in [3.8, 4) is 11.5 Å². The zero-order chi connectivity index (χ0) is 23.8. The molecule has 3 rings (SSSR count). The Labute approximate surface area is 198 Å². The van der Waals surface area contributed by atoms with Crippen LogP contribution < -0.4 is 14.4 Å². The molecule has 0 aliphatic carbocycles. The molecule has 0 radical (unpaired) electrons. The smallest absolute Gasteiger partial charge is 0.153 e. The summed E-state index contributed by atoms with van der Waals surface area (Å²) < 4.78 is 11.0. The van der Waals surface area contributed by atoms with Gasteiger partial charge in [-0.15, -0.1) is 0 Å². The van der Waals surface area contributed by atoms with E-state index in [1.165, 1.54) is 12.8 Å². The molecule has 0 saturated carbocycles. The van der Waals surface area contributed by atoms with Crippen LogP contribution in [0.15, 0.2) is 47.6 Å². The predicted octanol–water partition coefficient (Wildman–Crippen LogP) is 5.46. The van der Waals surface area contributed by atoms with E-state index in [0.717, 1.165) is 46.9 Å². The predicted molar refractivity (Wildman–Crippen MR) is 135 cm³/mol. The number of hydrazone groups is 1. The number of hydrogen-bond donors (Lipinski definition) is 0. The fourth-order valence-corrected chi connectivity index (χ4v) is 4.19. The SMILES string of the molecule is CCCCCCC(=O)CN1N=C(c2ccc(OC)cc2OC)CC1c1ccc(N(C)C)cc1. The fraction of sp³-hybridized carbons (Fsp3) is 0.481. The Hall–Kier alpha value is -3.02. The summed E-state index contributed by atoms with van der Waals surface area (Å²) in [7, 11) is 7.36. The number of Topliss-reactive ketones (excluding diaryl/α,β-unsaturated/α-hetero) is 1. The van der Waals surface area contributed by atoms with Crippen LogP contribution in [0.25, 0.3) is 0 Å². The Balaban J connectivity index is 1.85. The van der Waals surface area contributed by atoms with Crippen LogP contribution in [0, 0.1) is 0 Å². The lowest BCUT2D eigenvalue weighted by Crippen LogP contribution is -2.26. The van der Waals surface area contributed by atoms with Crippen molar-refractivity contribution in [1.29, 1.82) is 0 Å². The van der Waals surface area contributed by atoms with Gasteiger partial charge in [0.1, 0.15) is 11.5 Å². The van der Waals surface area contributed by atoms with E-state index in [1.807, 2.05) is 37.3 Å². The first-order valence-corrected chi connectivity index (χ1v) is 11.8. The molecule has 1 aliphatic heterocycles. The van der Waals surface area contributed by atoms with Gasteiger partial charge >= 0.3 is 0 Å². The van der Waals surface area contributed by atoms with Crippen LogP contribution in [0.2, 0.25) is 0 Å². The molecule has 6 nitrogen and oxygen atoms in total. The van der Waals surface area contributed by atoms with E-state index in [1.54, 1.807) is 14.2 Å². The largest absolute Gasteiger partial charge is 0.497 e. The van der Waals surface area contributed by atoms with Crippen molar-refractivity contribution in [2.75, 3.05) is 39.8 Å². The zero-order valence-electron chi connectivity index (χ0n) is 20.6. The Kier molecular flexibility index (Phi) is 8.75. The quantitative estimate of drug-likeness (QED) is 0.401. The maximum absolute atomic E-state index is 12.8. The maximum Gasteiger partial charge on any atom is 0.153 e. The molecular weight excluding hydrogens is 414 g/mol. The summed E-state index contributed by atoms with van der Waals surface area (Å²) >= 11 is 0. The van der Waals surface area contributed by atoms with Crippen LogP contribution in [-0.4, -0.2) is 51.4 Å². The molecular formula is C27H37N3O3. The van der Waals surface area contributed by atoms with Crippen LogP contribution in [0.4, 0.5) is 5.69 Å². The first kappa shape index (κ1) is 24.6. The van der Waals surface area contributed by atoms with Crippen molar-refractivity contribution in [2.45, 2.75) is 51.5 Å². The van der Waals surface area contributed by atoms with Crippen molar-refractivity contribution in [1.82, 2.24) is 5.01 Å². The number of rotatable bonds is 12. The molecule has 0 aromatic heterocycles. The lowest BCUT2D eigenvalue weighted by atomic mass is 9.97. The topological polar surface area (TPSA) is 54.4 Å². The molecule has 0 spiro atoms. The molecule has 2 aromatic rings. The summed E-state index contributed by atoms with van der Waals surface area (Å²) in [4.78, 5) is 14.9. The van der Waals surface area contributed by atoms with Crippen LogP contribution in [0.5, 0.6) is 11.5 Å². The summed E-state index contributed by atoms with van der Waals surface area (Å²) in [5, 5.41) is 6.88. The Bertz CT molecular complexity index is 954. The number of nitrogens with zero attached hydrogens (tertiary/aromatic N) is 3. The summed E-state index contributed by atoms with van der Waals surface area (Å²) in [5.74, 6) is 1.71. The van der Waals surface area contributed by atoms with Gasteiger partial charge in [-0.3, -0.25) is 9.80 Å². The number of anilines is 1. The lowest BCUT2D eigenvalue weighted by molar-refractivity contribution is -0.120. The van der Waals surface area contributed by atoms with Crippen LogP contribution in [-0.2, 0) is 4.79 Å². The van der Waals surface area contributed by atoms with Gasteiger partial charge in [-0.25, -0.2) is 0 Å². The number of carbonyl (C=O) groups excluding carboxylic acids is 1. The normalized spacial score (nSPS) is 15.4. The Morgan fingerprint density at radius 3 is 2.45 bits per heavy atom. The average molecular weight is 452 g/mol. The molecule has 6 heteroatoms. The second-order valence-corrected chi connectivity index (χ2v) is 8.77. The first-order valence-electron chi connectivity index (χ1n) is 11.8. The van der Waals surface area contributed by atoms with Gasteiger partial charge in [0.05, 0.1) is 32.5 Å².